The molecule has 0 aromatic carbocycles. The van der Waals surface area contributed by atoms with Crippen LogP contribution in [0, 0.1) is 5.41 Å². The number of hydrogen-bond donors (Lipinski definition) is 1. The third-order valence-corrected chi connectivity index (χ3v) is 3.04. The average Bonchev–Trinajstić information content (AvgIpc) is 2.60. The standard InChI is InChI=1S/C8H13NO3/c1-12-7(11)8-2-3-9(5-8)4-6(8)10/h6,10H,2-5H2,1H3. The van der Waals surface area contributed by atoms with Crippen molar-refractivity contribution in [3.63, 3.8) is 0 Å². The van der Waals surface area contributed by atoms with Crippen LogP contribution in [-0.2, 0) is 9.53 Å². The lowest BCUT2D eigenvalue weighted by molar-refractivity contribution is -0.156. The molecule has 3 atom stereocenters. The molecule has 0 aromatic heterocycles. The predicted molar refractivity (Wildman–Crippen MR) is 41.5 cm³/mol. The fourth-order valence-electron chi connectivity index (χ4n) is 2.27. The van der Waals surface area contributed by atoms with Crippen LogP contribution < -0.4 is 0 Å². The Morgan fingerprint density at radius 2 is 2.50 bits per heavy atom. The van der Waals surface area contributed by atoms with Crippen molar-refractivity contribution >= 4 is 5.97 Å². The highest BCUT2D eigenvalue weighted by Crippen LogP contribution is 2.41. The average molecular weight is 171 g/mol. The number of ether oxygens (including phenoxy) is 1. The van der Waals surface area contributed by atoms with E-state index in [4.69, 9.17) is 4.74 Å². The molecule has 0 aromatic rings. The molecular weight excluding hydrogens is 158 g/mol. The summed E-state index contributed by atoms with van der Waals surface area (Å²) in [5, 5.41) is 9.63. The molecule has 68 valence electrons. The second-order valence-electron chi connectivity index (χ2n) is 3.65. The van der Waals surface area contributed by atoms with Crippen molar-refractivity contribution in [2.75, 3.05) is 26.7 Å². The van der Waals surface area contributed by atoms with Gasteiger partial charge >= 0.3 is 5.97 Å². The van der Waals surface area contributed by atoms with Gasteiger partial charge in [0.2, 0.25) is 0 Å². The van der Waals surface area contributed by atoms with Crippen LogP contribution in [-0.4, -0.2) is 48.8 Å². The van der Waals surface area contributed by atoms with E-state index in [9.17, 15) is 9.90 Å². The highest BCUT2D eigenvalue weighted by molar-refractivity contribution is 5.79. The lowest BCUT2D eigenvalue weighted by Crippen LogP contribution is -2.42. The third-order valence-electron chi connectivity index (χ3n) is 3.04. The maximum atomic E-state index is 11.4. The van der Waals surface area contributed by atoms with Crippen LogP contribution in [0.5, 0.6) is 0 Å². The summed E-state index contributed by atoms with van der Waals surface area (Å²) in [5.41, 5.74) is -0.602. The molecule has 3 unspecified atom stereocenters. The topological polar surface area (TPSA) is 49.8 Å². The second kappa shape index (κ2) is 2.44. The first-order valence-corrected chi connectivity index (χ1v) is 4.18. The van der Waals surface area contributed by atoms with E-state index in [1.54, 1.807) is 0 Å². The van der Waals surface area contributed by atoms with Gasteiger partial charge in [-0.15, -0.1) is 0 Å². The second-order valence-corrected chi connectivity index (χ2v) is 3.65. The predicted octanol–water partition coefficient (Wildman–Crippen LogP) is -0.774. The van der Waals surface area contributed by atoms with Gasteiger partial charge < -0.3 is 9.84 Å². The van der Waals surface area contributed by atoms with E-state index in [1.807, 2.05) is 0 Å². The number of carbonyl (C=O) groups excluding carboxylic acids is 1. The minimum atomic E-state index is -0.602. The molecule has 12 heavy (non-hydrogen) atoms. The lowest BCUT2D eigenvalue weighted by Gasteiger charge is -2.27. The number of aliphatic hydroxyl groups is 1. The van der Waals surface area contributed by atoms with Crippen molar-refractivity contribution in [1.82, 2.24) is 4.90 Å². The first kappa shape index (κ1) is 8.01. The normalized spacial score (nSPS) is 44.8. The number of carbonyl (C=O) groups is 1. The van der Waals surface area contributed by atoms with Gasteiger partial charge in [-0.3, -0.25) is 9.69 Å². The van der Waals surface area contributed by atoms with Crippen molar-refractivity contribution in [2.45, 2.75) is 12.5 Å². The van der Waals surface area contributed by atoms with Crippen LogP contribution in [0.2, 0.25) is 0 Å². The van der Waals surface area contributed by atoms with E-state index in [0.29, 0.717) is 13.1 Å². The quantitative estimate of drug-likeness (QED) is 0.526. The number of methoxy groups -OCH3 is 1. The van der Waals surface area contributed by atoms with E-state index < -0.39 is 11.5 Å². The van der Waals surface area contributed by atoms with Crippen LogP contribution in [0.1, 0.15) is 6.42 Å². The van der Waals surface area contributed by atoms with Gasteiger partial charge in [-0.25, -0.2) is 0 Å². The van der Waals surface area contributed by atoms with E-state index in [1.165, 1.54) is 7.11 Å². The molecule has 2 aliphatic heterocycles. The largest absolute Gasteiger partial charge is 0.468 e. The Labute approximate surface area is 71.1 Å². The van der Waals surface area contributed by atoms with Gasteiger partial charge in [-0.1, -0.05) is 0 Å². The Bertz CT molecular complexity index is 218. The van der Waals surface area contributed by atoms with E-state index in [2.05, 4.69) is 4.90 Å². The Hall–Kier alpha value is -0.610. The van der Waals surface area contributed by atoms with E-state index >= 15 is 0 Å². The number of nitrogens with zero attached hydrogens (tertiary/aromatic N) is 1. The molecule has 0 spiro atoms. The SMILES string of the molecule is COC(=O)C12CCN(CC1O)C2. The van der Waals surface area contributed by atoms with Gasteiger partial charge in [0.05, 0.1) is 13.2 Å². The molecule has 2 aliphatic rings. The maximum absolute atomic E-state index is 11.4. The summed E-state index contributed by atoms with van der Waals surface area (Å²) in [7, 11) is 1.38. The third kappa shape index (κ3) is 0.820. The molecule has 2 saturated heterocycles. The number of rotatable bonds is 1. The fourth-order valence-corrected chi connectivity index (χ4v) is 2.27. The zero-order valence-electron chi connectivity index (χ0n) is 7.12. The van der Waals surface area contributed by atoms with Gasteiger partial charge in [0, 0.05) is 13.1 Å². The lowest BCUT2D eigenvalue weighted by atomic mass is 9.82. The van der Waals surface area contributed by atoms with Crippen LogP contribution in [0.25, 0.3) is 0 Å². The number of hydrogen-bond acceptors (Lipinski definition) is 4. The highest BCUT2D eigenvalue weighted by Gasteiger charge is 2.56. The van der Waals surface area contributed by atoms with Crippen molar-refractivity contribution < 1.29 is 14.6 Å². The summed E-state index contributed by atoms with van der Waals surface area (Å²) >= 11 is 0. The zero-order chi connectivity index (χ0) is 8.77. The smallest absolute Gasteiger partial charge is 0.315 e. The summed E-state index contributed by atoms with van der Waals surface area (Å²) in [4.78, 5) is 13.5. The Morgan fingerprint density at radius 1 is 1.75 bits per heavy atom. The Kier molecular flexibility index (Phi) is 1.63. The van der Waals surface area contributed by atoms with Crippen molar-refractivity contribution in [1.29, 1.82) is 0 Å². The molecule has 4 heteroatoms. The molecule has 4 nitrogen and oxygen atoms in total. The molecule has 1 N–H and O–H groups in total. The number of piperidine rings is 1. The number of fused-ring (bicyclic) bond motifs is 2. The van der Waals surface area contributed by atoms with Gasteiger partial charge in [-0.2, -0.15) is 0 Å². The van der Waals surface area contributed by atoms with Crippen LogP contribution in [0.4, 0.5) is 0 Å². The van der Waals surface area contributed by atoms with Crippen LogP contribution in [0.15, 0.2) is 0 Å². The van der Waals surface area contributed by atoms with E-state index in [0.717, 1.165) is 13.0 Å². The fraction of sp³-hybridized carbons (Fsp3) is 0.875. The van der Waals surface area contributed by atoms with Crippen LogP contribution >= 0.6 is 0 Å². The Morgan fingerprint density at radius 3 is 2.92 bits per heavy atom. The number of esters is 1. The van der Waals surface area contributed by atoms with Gasteiger partial charge in [-0.05, 0) is 13.0 Å². The summed E-state index contributed by atoms with van der Waals surface area (Å²) in [6, 6.07) is 0. The molecule has 2 fully saturated rings. The molecule has 2 rings (SSSR count). The highest BCUT2D eigenvalue weighted by atomic mass is 16.5. The van der Waals surface area contributed by atoms with Crippen molar-refractivity contribution in [2.24, 2.45) is 5.41 Å². The molecule has 0 amide bonds. The van der Waals surface area contributed by atoms with Crippen molar-refractivity contribution in [3.05, 3.63) is 0 Å². The molecule has 0 radical (unpaired) electrons. The monoisotopic (exact) mass is 171 g/mol. The first-order chi connectivity index (χ1) is 5.69. The zero-order valence-corrected chi connectivity index (χ0v) is 7.12. The molecular formula is C8H13NO3. The first-order valence-electron chi connectivity index (χ1n) is 4.18. The van der Waals surface area contributed by atoms with Gasteiger partial charge in [0.15, 0.2) is 0 Å². The summed E-state index contributed by atoms with van der Waals surface area (Å²) in [5.74, 6) is -0.255. The van der Waals surface area contributed by atoms with Crippen molar-refractivity contribution in [3.8, 4) is 0 Å². The van der Waals surface area contributed by atoms with Gasteiger partial charge in [0.1, 0.15) is 5.41 Å². The molecule has 2 bridgehead atoms. The molecule has 0 aliphatic carbocycles. The maximum Gasteiger partial charge on any atom is 0.315 e. The summed E-state index contributed by atoms with van der Waals surface area (Å²) < 4.78 is 4.70. The number of aliphatic hydroxyl groups excluding tert-OH is 1. The minimum Gasteiger partial charge on any atom is -0.468 e. The van der Waals surface area contributed by atoms with Crippen LogP contribution in [0.3, 0.4) is 0 Å². The van der Waals surface area contributed by atoms with Gasteiger partial charge in [0.25, 0.3) is 0 Å². The summed E-state index contributed by atoms with van der Waals surface area (Å²) in [6.45, 7) is 2.20. The summed E-state index contributed by atoms with van der Waals surface area (Å²) in [6.07, 6.45) is 0.208. The molecule has 0 saturated carbocycles. The minimum absolute atomic E-state index is 0.255. The van der Waals surface area contributed by atoms with E-state index in [-0.39, 0.29) is 5.97 Å². The Balaban J connectivity index is 2.23. The molecule has 2 heterocycles.